The third-order valence-corrected chi connectivity index (χ3v) is 1.89. The van der Waals surface area contributed by atoms with Gasteiger partial charge in [-0.1, -0.05) is 6.58 Å². The summed E-state index contributed by atoms with van der Waals surface area (Å²) in [7, 11) is 0. The molecule has 0 heterocycles. The van der Waals surface area contributed by atoms with Gasteiger partial charge in [0, 0.05) is 11.6 Å². The Kier molecular flexibility index (Phi) is 4.68. The highest BCUT2D eigenvalue weighted by Crippen LogP contribution is 2.27. The van der Waals surface area contributed by atoms with Gasteiger partial charge in [-0.15, -0.1) is 0 Å². The quantitative estimate of drug-likeness (QED) is 0.238. The molecule has 0 aliphatic heterocycles. The second-order valence-corrected chi connectivity index (χ2v) is 2.99. The maximum Gasteiger partial charge on any atom is 0.311 e. The van der Waals surface area contributed by atoms with E-state index < -0.39 is 4.92 Å². The van der Waals surface area contributed by atoms with Crippen molar-refractivity contribution in [3.63, 3.8) is 0 Å². The van der Waals surface area contributed by atoms with E-state index in [1.54, 1.807) is 0 Å². The maximum absolute atomic E-state index is 10.7. The Labute approximate surface area is 97.6 Å². The molecular formula is C11H11NO5. The number of hydrogen-bond acceptors (Lipinski definition) is 5. The maximum atomic E-state index is 10.7. The van der Waals surface area contributed by atoms with Crippen molar-refractivity contribution in [1.29, 1.82) is 0 Å². The lowest BCUT2D eigenvalue weighted by molar-refractivity contribution is -0.385. The molecule has 90 valence electrons. The molecule has 0 amide bonds. The average molecular weight is 237 g/mol. The van der Waals surface area contributed by atoms with Crippen molar-refractivity contribution in [3.05, 3.63) is 46.7 Å². The van der Waals surface area contributed by atoms with Crippen LogP contribution >= 0.6 is 0 Å². The second kappa shape index (κ2) is 6.26. The van der Waals surface area contributed by atoms with E-state index in [0.29, 0.717) is 6.29 Å². The number of carbonyl (C=O) groups is 1. The molecule has 0 N–H and O–H groups in total. The molecule has 6 heteroatoms. The third-order valence-electron chi connectivity index (χ3n) is 1.89. The van der Waals surface area contributed by atoms with Gasteiger partial charge >= 0.3 is 5.69 Å². The third kappa shape index (κ3) is 3.60. The molecule has 1 aromatic carbocycles. The van der Waals surface area contributed by atoms with E-state index >= 15 is 0 Å². The van der Waals surface area contributed by atoms with Gasteiger partial charge in [-0.25, -0.2) is 0 Å². The lowest BCUT2D eigenvalue weighted by atomic mass is 10.2. The minimum atomic E-state index is -0.601. The van der Waals surface area contributed by atoms with E-state index in [1.807, 2.05) is 0 Å². The van der Waals surface area contributed by atoms with Crippen molar-refractivity contribution in [1.82, 2.24) is 0 Å². The van der Waals surface area contributed by atoms with Crippen molar-refractivity contribution < 1.29 is 19.2 Å². The molecule has 0 aliphatic rings. The van der Waals surface area contributed by atoms with Crippen molar-refractivity contribution in [2.75, 3.05) is 13.2 Å². The Bertz CT molecular complexity index is 430. The summed E-state index contributed by atoms with van der Waals surface area (Å²) in [6.45, 7) is 3.75. The van der Waals surface area contributed by atoms with E-state index in [2.05, 4.69) is 6.58 Å². The molecule has 0 fully saturated rings. The Balaban J connectivity index is 2.79. The first kappa shape index (κ1) is 12.7. The van der Waals surface area contributed by atoms with Gasteiger partial charge in [-0.3, -0.25) is 14.9 Å². The molecule has 1 aromatic rings. The first-order valence-corrected chi connectivity index (χ1v) is 4.78. The number of hydrogen-bond donors (Lipinski definition) is 0. The second-order valence-electron chi connectivity index (χ2n) is 2.99. The van der Waals surface area contributed by atoms with Gasteiger partial charge < -0.3 is 9.47 Å². The molecule has 0 saturated heterocycles. The minimum Gasteiger partial charge on any atom is -0.498 e. The van der Waals surface area contributed by atoms with Crippen LogP contribution in [0.2, 0.25) is 0 Å². The van der Waals surface area contributed by atoms with Crippen LogP contribution in [0, 0.1) is 10.1 Å². The molecule has 0 aromatic heterocycles. The van der Waals surface area contributed by atoms with Gasteiger partial charge in [0.25, 0.3) is 0 Å². The van der Waals surface area contributed by atoms with Crippen LogP contribution < -0.4 is 4.74 Å². The first-order valence-electron chi connectivity index (χ1n) is 4.78. The molecular weight excluding hydrogens is 226 g/mol. The summed E-state index contributed by atoms with van der Waals surface area (Å²) in [5.41, 5.74) is -0.0143. The lowest BCUT2D eigenvalue weighted by Crippen LogP contribution is -2.05. The Hall–Kier alpha value is -2.37. The Morgan fingerprint density at radius 1 is 1.41 bits per heavy atom. The zero-order chi connectivity index (χ0) is 12.7. The number of nitrogens with zero attached hydrogens (tertiary/aromatic N) is 1. The fourth-order valence-electron chi connectivity index (χ4n) is 1.16. The van der Waals surface area contributed by atoms with Gasteiger partial charge in [0.2, 0.25) is 0 Å². The largest absolute Gasteiger partial charge is 0.498 e. The zero-order valence-corrected chi connectivity index (χ0v) is 9.00. The smallest absolute Gasteiger partial charge is 0.311 e. The summed E-state index contributed by atoms with van der Waals surface area (Å²) in [6, 6.07) is 4.00. The number of nitro groups is 1. The van der Waals surface area contributed by atoms with E-state index in [4.69, 9.17) is 9.47 Å². The van der Waals surface area contributed by atoms with E-state index in [9.17, 15) is 14.9 Å². The van der Waals surface area contributed by atoms with Crippen molar-refractivity contribution in [2.45, 2.75) is 0 Å². The molecule has 0 unspecified atom stereocenters. The monoisotopic (exact) mass is 237 g/mol. The SMILES string of the molecule is C=COCCOc1ccc(C=O)cc1[N+](=O)[O-]. The van der Waals surface area contributed by atoms with Crippen LogP contribution in [0.5, 0.6) is 5.75 Å². The summed E-state index contributed by atoms with van der Waals surface area (Å²) in [4.78, 5) is 20.6. The Morgan fingerprint density at radius 2 is 2.18 bits per heavy atom. The highest BCUT2D eigenvalue weighted by molar-refractivity contribution is 5.77. The van der Waals surface area contributed by atoms with Crippen LogP contribution in [0.15, 0.2) is 31.0 Å². The number of aldehydes is 1. The van der Waals surface area contributed by atoms with E-state index in [0.717, 1.165) is 6.07 Å². The summed E-state index contributed by atoms with van der Waals surface area (Å²) in [6.07, 6.45) is 1.80. The van der Waals surface area contributed by atoms with Crippen LogP contribution in [0.3, 0.4) is 0 Å². The predicted molar refractivity (Wildman–Crippen MR) is 60.1 cm³/mol. The number of benzene rings is 1. The van der Waals surface area contributed by atoms with Gasteiger partial charge in [-0.05, 0) is 12.1 Å². The van der Waals surface area contributed by atoms with Gasteiger partial charge in [0.05, 0.1) is 11.2 Å². The zero-order valence-electron chi connectivity index (χ0n) is 9.00. The molecule has 0 aliphatic carbocycles. The number of carbonyl (C=O) groups excluding carboxylic acids is 1. The summed E-state index contributed by atoms with van der Waals surface area (Å²) < 4.78 is 9.98. The molecule has 6 nitrogen and oxygen atoms in total. The molecule has 0 spiro atoms. The van der Waals surface area contributed by atoms with Crippen LogP contribution in [0.1, 0.15) is 10.4 Å². The summed E-state index contributed by atoms with van der Waals surface area (Å²) in [5.74, 6) is 0.105. The molecule has 0 bridgehead atoms. The van der Waals surface area contributed by atoms with Gasteiger partial charge in [0.15, 0.2) is 5.75 Å². The lowest BCUT2D eigenvalue weighted by Gasteiger charge is -2.06. The normalized spacial score (nSPS) is 9.41. The standard InChI is InChI=1S/C11H11NO5/c1-2-16-5-6-17-11-4-3-9(8-13)7-10(11)12(14)15/h2-4,7-8H,1,5-6H2. The van der Waals surface area contributed by atoms with Crippen molar-refractivity contribution >= 4 is 12.0 Å². The van der Waals surface area contributed by atoms with E-state index in [1.165, 1.54) is 18.4 Å². The summed E-state index contributed by atoms with van der Waals surface area (Å²) in [5, 5.41) is 10.7. The number of ether oxygens (including phenoxy) is 2. The molecule has 0 radical (unpaired) electrons. The fraction of sp³-hybridized carbons (Fsp3) is 0.182. The van der Waals surface area contributed by atoms with Crippen LogP contribution in [0.4, 0.5) is 5.69 Å². The van der Waals surface area contributed by atoms with Crippen LogP contribution in [0.25, 0.3) is 0 Å². The number of nitro benzene ring substituents is 1. The minimum absolute atomic E-state index is 0.105. The van der Waals surface area contributed by atoms with Gasteiger partial charge in [0.1, 0.15) is 19.5 Å². The highest BCUT2D eigenvalue weighted by Gasteiger charge is 2.15. The van der Waals surface area contributed by atoms with Crippen molar-refractivity contribution in [2.24, 2.45) is 0 Å². The van der Waals surface area contributed by atoms with Crippen molar-refractivity contribution in [3.8, 4) is 5.75 Å². The van der Waals surface area contributed by atoms with Gasteiger partial charge in [-0.2, -0.15) is 0 Å². The molecule has 0 atom stereocenters. The average Bonchev–Trinajstić information content (AvgIpc) is 2.34. The topological polar surface area (TPSA) is 78.7 Å². The number of rotatable bonds is 7. The Morgan fingerprint density at radius 3 is 2.76 bits per heavy atom. The fourth-order valence-corrected chi connectivity index (χ4v) is 1.16. The molecule has 17 heavy (non-hydrogen) atoms. The van der Waals surface area contributed by atoms with E-state index in [-0.39, 0.29) is 30.2 Å². The van der Waals surface area contributed by atoms with Crippen LogP contribution in [-0.4, -0.2) is 24.4 Å². The first-order chi connectivity index (χ1) is 8.19. The predicted octanol–water partition coefficient (Wildman–Crippen LogP) is 1.95. The highest BCUT2D eigenvalue weighted by atomic mass is 16.6. The van der Waals surface area contributed by atoms with Crippen LogP contribution in [-0.2, 0) is 4.74 Å². The molecule has 0 saturated carbocycles. The summed E-state index contributed by atoms with van der Waals surface area (Å²) >= 11 is 0. The molecule has 1 rings (SSSR count).